The maximum absolute atomic E-state index is 13.2. The van der Waals surface area contributed by atoms with Gasteiger partial charge in [-0.3, -0.25) is 4.98 Å². The second-order valence-electron chi connectivity index (χ2n) is 2.96. The van der Waals surface area contributed by atoms with Crippen LogP contribution >= 0.6 is 0 Å². The first-order chi connectivity index (χ1) is 7.65. The molecule has 0 aliphatic carbocycles. The van der Waals surface area contributed by atoms with Crippen molar-refractivity contribution in [3.8, 4) is 11.6 Å². The summed E-state index contributed by atoms with van der Waals surface area (Å²) in [7, 11) is 0. The molecule has 2 N–H and O–H groups in total. The van der Waals surface area contributed by atoms with E-state index in [1.54, 1.807) is 0 Å². The fourth-order valence-corrected chi connectivity index (χ4v) is 1.08. The summed E-state index contributed by atoms with van der Waals surface area (Å²) < 4.78 is 30.8. The average Bonchev–Trinajstić information content (AvgIpc) is 2.22. The fraction of sp³-hybridized carbons (Fsp3) is 0. The van der Waals surface area contributed by atoms with Crippen LogP contribution in [0.1, 0.15) is 0 Å². The van der Waals surface area contributed by atoms with Crippen LogP contribution in [0.5, 0.6) is 11.6 Å². The van der Waals surface area contributed by atoms with Gasteiger partial charge in [-0.25, -0.2) is 8.78 Å². The van der Waals surface area contributed by atoms with E-state index in [2.05, 4.69) is 9.97 Å². The Morgan fingerprint density at radius 1 is 1.19 bits per heavy atom. The van der Waals surface area contributed by atoms with Crippen LogP contribution in [0.25, 0.3) is 0 Å². The van der Waals surface area contributed by atoms with Crippen molar-refractivity contribution in [3.05, 3.63) is 42.2 Å². The fourth-order valence-electron chi connectivity index (χ4n) is 1.08. The number of nitrogens with zero attached hydrogens (tertiary/aromatic N) is 2. The van der Waals surface area contributed by atoms with Crippen molar-refractivity contribution in [1.29, 1.82) is 0 Å². The molecule has 0 amide bonds. The van der Waals surface area contributed by atoms with Crippen molar-refractivity contribution < 1.29 is 13.5 Å². The summed E-state index contributed by atoms with van der Waals surface area (Å²) in [6, 6.07) is 2.96. The Balaban J connectivity index is 2.27. The number of halogens is 2. The van der Waals surface area contributed by atoms with E-state index in [-0.39, 0.29) is 17.4 Å². The third-order valence-corrected chi connectivity index (χ3v) is 1.74. The van der Waals surface area contributed by atoms with Crippen molar-refractivity contribution in [2.24, 2.45) is 0 Å². The molecule has 0 aliphatic rings. The number of nitrogens with two attached hydrogens (primary N) is 1. The van der Waals surface area contributed by atoms with Gasteiger partial charge in [-0.15, -0.1) is 0 Å². The Morgan fingerprint density at radius 2 is 2.00 bits per heavy atom. The first kappa shape index (κ1) is 10.3. The van der Waals surface area contributed by atoms with Crippen molar-refractivity contribution in [1.82, 2.24) is 9.97 Å². The van der Waals surface area contributed by atoms with Gasteiger partial charge in [0.05, 0.1) is 12.4 Å². The number of rotatable bonds is 2. The van der Waals surface area contributed by atoms with Gasteiger partial charge in [-0.05, 0) is 12.1 Å². The molecule has 1 aromatic heterocycles. The quantitative estimate of drug-likeness (QED) is 0.847. The van der Waals surface area contributed by atoms with Crippen LogP contribution in [0.15, 0.2) is 30.6 Å². The lowest BCUT2D eigenvalue weighted by atomic mass is 10.3. The zero-order chi connectivity index (χ0) is 11.5. The molecule has 0 radical (unpaired) electrons. The number of hydrogen-bond acceptors (Lipinski definition) is 4. The lowest BCUT2D eigenvalue weighted by Crippen LogP contribution is -1.96. The number of aromatic nitrogens is 2. The number of nitrogen functional groups attached to an aromatic ring is 1. The minimum absolute atomic E-state index is 0.0468. The molecule has 4 nitrogen and oxygen atoms in total. The van der Waals surface area contributed by atoms with Gasteiger partial charge in [-0.1, -0.05) is 0 Å². The summed E-state index contributed by atoms with van der Waals surface area (Å²) >= 11 is 0. The third kappa shape index (κ3) is 2.22. The van der Waals surface area contributed by atoms with E-state index in [1.807, 2.05) is 0 Å². The van der Waals surface area contributed by atoms with Crippen LogP contribution in [-0.4, -0.2) is 9.97 Å². The van der Waals surface area contributed by atoms with Crippen molar-refractivity contribution in [3.63, 3.8) is 0 Å². The van der Waals surface area contributed by atoms with Crippen LogP contribution in [0.3, 0.4) is 0 Å². The van der Waals surface area contributed by atoms with Gasteiger partial charge >= 0.3 is 0 Å². The van der Waals surface area contributed by atoms with Gasteiger partial charge in [0.2, 0.25) is 5.88 Å². The molecular formula is C10H7F2N3O. The van der Waals surface area contributed by atoms with E-state index in [0.717, 1.165) is 18.2 Å². The maximum Gasteiger partial charge on any atom is 0.239 e. The smallest absolute Gasteiger partial charge is 0.239 e. The predicted molar refractivity (Wildman–Crippen MR) is 52.9 cm³/mol. The van der Waals surface area contributed by atoms with Gasteiger partial charge in [0, 0.05) is 6.07 Å². The lowest BCUT2D eigenvalue weighted by Gasteiger charge is -2.05. The molecular weight excluding hydrogens is 216 g/mol. The molecule has 1 aromatic carbocycles. The van der Waals surface area contributed by atoms with Gasteiger partial charge in [-0.2, -0.15) is 4.98 Å². The molecule has 0 unspecified atom stereocenters. The summed E-state index contributed by atoms with van der Waals surface area (Å²) in [6.45, 7) is 0. The number of anilines is 1. The highest BCUT2D eigenvalue weighted by molar-refractivity contribution is 5.31. The van der Waals surface area contributed by atoms with Crippen molar-refractivity contribution in [2.75, 3.05) is 5.73 Å². The predicted octanol–water partition coefficient (Wildman–Crippen LogP) is 2.13. The Kier molecular flexibility index (Phi) is 2.63. The number of ether oxygens (including phenoxy) is 1. The highest BCUT2D eigenvalue weighted by atomic mass is 19.1. The van der Waals surface area contributed by atoms with E-state index in [4.69, 9.17) is 10.5 Å². The van der Waals surface area contributed by atoms with E-state index < -0.39 is 11.6 Å². The second kappa shape index (κ2) is 4.09. The highest BCUT2D eigenvalue weighted by Crippen LogP contribution is 2.23. The monoisotopic (exact) mass is 223 g/mol. The summed E-state index contributed by atoms with van der Waals surface area (Å²) in [4.78, 5) is 7.48. The molecule has 0 bridgehead atoms. The van der Waals surface area contributed by atoms with Crippen molar-refractivity contribution in [2.45, 2.75) is 0 Å². The van der Waals surface area contributed by atoms with Crippen molar-refractivity contribution >= 4 is 5.82 Å². The normalized spacial score (nSPS) is 10.1. The van der Waals surface area contributed by atoms with Crippen LogP contribution in [0.2, 0.25) is 0 Å². The first-order valence-electron chi connectivity index (χ1n) is 4.35. The Morgan fingerprint density at radius 3 is 2.69 bits per heavy atom. The molecule has 0 saturated heterocycles. The Labute approximate surface area is 89.7 Å². The Bertz CT molecular complexity index is 519. The molecule has 2 aromatic rings. The minimum atomic E-state index is -0.816. The standard InChI is InChI=1S/C10H7F2N3O/c11-6-1-2-8(7(12)3-6)16-10-5-14-4-9(13)15-10/h1-5H,(H2,13,15). The van der Waals surface area contributed by atoms with E-state index >= 15 is 0 Å². The molecule has 2 rings (SSSR count). The summed E-state index contributed by atoms with van der Waals surface area (Å²) in [6.07, 6.45) is 2.60. The zero-order valence-corrected chi connectivity index (χ0v) is 8.02. The van der Waals surface area contributed by atoms with Crippen LogP contribution in [0, 0.1) is 11.6 Å². The highest BCUT2D eigenvalue weighted by Gasteiger charge is 2.07. The zero-order valence-electron chi connectivity index (χ0n) is 8.02. The molecule has 0 aliphatic heterocycles. The molecule has 0 fully saturated rings. The van der Waals surface area contributed by atoms with Crippen LogP contribution < -0.4 is 10.5 Å². The lowest BCUT2D eigenvalue weighted by molar-refractivity contribution is 0.422. The number of hydrogen-bond donors (Lipinski definition) is 1. The van der Waals surface area contributed by atoms with Gasteiger partial charge in [0.15, 0.2) is 11.6 Å². The van der Waals surface area contributed by atoms with Crippen LogP contribution in [-0.2, 0) is 0 Å². The van der Waals surface area contributed by atoms with Crippen LogP contribution in [0.4, 0.5) is 14.6 Å². The summed E-state index contributed by atoms with van der Waals surface area (Å²) in [5.41, 5.74) is 5.37. The first-order valence-corrected chi connectivity index (χ1v) is 4.35. The molecule has 82 valence electrons. The molecule has 0 spiro atoms. The topological polar surface area (TPSA) is 61.0 Å². The molecule has 6 heteroatoms. The molecule has 1 heterocycles. The summed E-state index contributed by atoms with van der Waals surface area (Å²) in [5, 5.41) is 0. The maximum atomic E-state index is 13.2. The molecule has 0 saturated carbocycles. The van der Waals surface area contributed by atoms with Gasteiger partial charge in [0.1, 0.15) is 11.6 Å². The summed E-state index contributed by atoms with van der Waals surface area (Å²) in [5.74, 6) is -1.43. The van der Waals surface area contributed by atoms with E-state index in [1.165, 1.54) is 12.4 Å². The minimum Gasteiger partial charge on any atom is -0.434 e. The van der Waals surface area contributed by atoms with Gasteiger partial charge in [0.25, 0.3) is 0 Å². The van der Waals surface area contributed by atoms with Gasteiger partial charge < -0.3 is 10.5 Å². The molecule has 16 heavy (non-hydrogen) atoms. The Hall–Kier alpha value is -2.24. The average molecular weight is 223 g/mol. The largest absolute Gasteiger partial charge is 0.434 e. The number of benzene rings is 1. The second-order valence-corrected chi connectivity index (χ2v) is 2.96. The molecule has 0 atom stereocenters. The van der Waals surface area contributed by atoms with E-state index in [9.17, 15) is 8.78 Å². The third-order valence-electron chi connectivity index (χ3n) is 1.74. The SMILES string of the molecule is Nc1cncc(Oc2ccc(F)cc2F)n1. The van der Waals surface area contributed by atoms with E-state index in [0.29, 0.717) is 0 Å².